The van der Waals surface area contributed by atoms with Crippen molar-refractivity contribution in [2.75, 3.05) is 33.8 Å². The maximum absolute atomic E-state index is 11.6. The molecule has 1 amide bonds. The van der Waals surface area contributed by atoms with Crippen LogP contribution in [0.4, 0.5) is 0 Å². The number of benzene rings is 1. The molecule has 0 atom stereocenters. The summed E-state index contributed by atoms with van der Waals surface area (Å²) in [6.07, 6.45) is 1.05. The van der Waals surface area contributed by atoms with Gasteiger partial charge in [-0.15, -0.1) is 24.0 Å². The fourth-order valence-corrected chi connectivity index (χ4v) is 1.76. The molecule has 0 spiro atoms. The van der Waals surface area contributed by atoms with Gasteiger partial charge in [-0.2, -0.15) is 0 Å². The maximum Gasteiger partial charge on any atom is 0.259 e. The first-order chi connectivity index (χ1) is 11.1. The van der Waals surface area contributed by atoms with Crippen molar-refractivity contribution < 1.29 is 9.53 Å². The molecule has 136 valence electrons. The molecule has 1 aromatic rings. The van der Waals surface area contributed by atoms with Crippen molar-refractivity contribution in [2.24, 2.45) is 4.99 Å². The van der Waals surface area contributed by atoms with E-state index >= 15 is 0 Å². The summed E-state index contributed by atoms with van der Waals surface area (Å²) in [5.74, 6) is 1.43. The summed E-state index contributed by atoms with van der Waals surface area (Å²) < 4.78 is 5.52. The van der Waals surface area contributed by atoms with E-state index in [0.717, 1.165) is 31.0 Å². The van der Waals surface area contributed by atoms with E-state index in [4.69, 9.17) is 4.74 Å². The van der Waals surface area contributed by atoms with Crippen LogP contribution in [-0.2, 0) is 11.3 Å². The number of halogens is 1. The van der Waals surface area contributed by atoms with E-state index in [2.05, 4.69) is 22.5 Å². The third-order valence-corrected chi connectivity index (χ3v) is 3.07. The van der Waals surface area contributed by atoms with Gasteiger partial charge in [0.1, 0.15) is 5.75 Å². The number of carbonyl (C=O) groups is 1. The third-order valence-electron chi connectivity index (χ3n) is 3.07. The zero-order valence-electron chi connectivity index (χ0n) is 15.0. The second-order valence-corrected chi connectivity index (χ2v) is 5.35. The third kappa shape index (κ3) is 8.95. The highest BCUT2D eigenvalue weighted by Gasteiger charge is 2.05. The second-order valence-electron chi connectivity index (χ2n) is 5.35. The molecule has 0 heterocycles. The number of rotatable bonds is 8. The predicted octanol–water partition coefficient (Wildman–Crippen LogP) is 2.24. The summed E-state index contributed by atoms with van der Waals surface area (Å²) in [7, 11) is 3.42. The van der Waals surface area contributed by atoms with E-state index in [0.29, 0.717) is 12.3 Å². The van der Waals surface area contributed by atoms with Gasteiger partial charge in [-0.1, -0.05) is 19.1 Å². The summed E-state index contributed by atoms with van der Waals surface area (Å²) in [6, 6.07) is 7.66. The molecule has 24 heavy (non-hydrogen) atoms. The zero-order valence-corrected chi connectivity index (χ0v) is 17.3. The van der Waals surface area contributed by atoms with Gasteiger partial charge in [0, 0.05) is 27.2 Å². The lowest BCUT2D eigenvalue weighted by Gasteiger charge is -2.12. The molecule has 0 radical (unpaired) electrons. The Balaban J connectivity index is 0.00000529. The average molecular weight is 448 g/mol. The summed E-state index contributed by atoms with van der Waals surface area (Å²) in [5.41, 5.74) is 1.04. The van der Waals surface area contributed by atoms with Crippen molar-refractivity contribution >= 4 is 35.8 Å². The van der Waals surface area contributed by atoms with E-state index in [1.807, 2.05) is 31.2 Å². The standard InChI is InChI=1S/C17H28N4O2.HI/c1-5-10-19-17(18-6-2)20-12-14-8-7-9-15(11-14)23-13-16(22)21(3)4;/h7-9,11H,5-6,10,12-13H2,1-4H3,(H2,18,19,20);1H. The van der Waals surface area contributed by atoms with Gasteiger partial charge in [-0.05, 0) is 31.0 Å². The van der Waals surface area contributed by atoms with Gasteiger partial charge >= 0.3 is 0 Å². The molecule has 0 bridgehead atoms. The highest BCUT2D eigenvalue weighted by molar-refractivity contribution is 14.0. The van der Waals surface area contributed by atoms with Crippen molar-refractivity contribution in [1.82, 2.24) is 15.5 Å². The first kappa shape index (κ1) is 22.5. The maximum atomic E-state index is 11.6. The van der Waals surface area contributed by atoms with Crippen LogP contribution in [0.25, 0.3) is 0 Å². The largest absolute Gasteiger partial charge is 0.484 e. The van der Waals surface area contributed by atoms with Gasteiger partial charge < -0.3 is 20.3 Å². The Morgan fingerprint density at radius 3 is 2.62 bits per heavy atom. The summed E-state index contributed by atoms with van der Waals surface area (Å²) in [5, 5.41) is 6.48. The Hall–Kier alpha value is -1.51. The number of nitrogens with one attached hydrogen (secondary N) is 2. The number of likely N-dealkylation sites (N-methyl/N-ethyl adjacent to an activating group) is 1. The molecule has 6 nitrogen and oxygen atoms in total. The van der Waals surface area contributed by atoms with E-state index in [9.17, 15) is 4.79 Å². The predicted molar refractivity (Wildman–Crippen MR) is 109 cm³/mol. The number of guanidine groups is 1. The Morgan fingerprint density at radius 1 is 1.25 bits per heavy atom. The van der Waals surface area contributed by atoms with Gasteiger partial charge in [0.2, 0.25) is 0 Å². The molecule has 0 aliphatic heterocycles. The first-order valence-corrected chi connectivity index (χ1v) is 8.00. The average Bonchev–Trinajstić information content (AvgIpc) is 2.55. The monoisotopic (exact) mass is 448 g/mol. The lowest BCUT2D eigenvalue weighted by Crippen LogP contribution is -2.37. The van der Waals surface area contributed by atoms with Gasteiger partial charge in [0.15, 0.2) is 12.6 Å². The van der Waals surface area contributed by atoms with E-state index in [1.54, 1.807) is 14.1 Å². The number of amides is 1. The van der Waals surface area contributed by atoms with Crippen LogP contribution in [0.5, 0.6) is 5.75 Å². The van der Waals surface area contributed by atoms with Crippen LogP contribution in [-0.4, -0.2) is 50.6 Å². The van der Waals surface area contributed by atoms with Gasteiger partial charge in [0.05, 0.1) is 6.54 Å². The fourth-order valence-electron chi connectivity index (χ4n) is 1.76. The summed E-state index contributed by atoms with van der Waals surface area (Å²) >= 11 is 0. The minimum atomic E-state index is -0.0633. The fraction of sp³-hybridized carbons (Fsp3) is 0.529. The van der Waals surface area contributed by atoms with Gasteiger partial charge in [-0.3, -0.25) is 4.79 Å². The normalized spacial score (nSPS) is 10.6. The molecule has 0 saturated heterocycles. The Labute approximate surface area is 162 Å². The van der Waals surface area contributed by atoms with Crippen molar-refractivity contribution in [3.05, 3.63) is 29.8 Å². The summed E-state index contributed by atoms with van der Waals surface area (Å²) in [4.78, 5) is 17.6. The number of ether oxygens (including phenoxy) is 1. The number of hydrogen-bond donors (Lipinski definition) is 2. The van der Waals surface area contributed by atoms with Gasteiger partial charge in [0.25, 0.3) is 5.91 Å². The highest BCUT2D eigenvalue weighted by Crippen LogP contribution is 2.14. The Kier molecular flexibility index (Phi) is 12.0. The molecule has 7 heteroatoms. The number of carbonyl (C=O) groups excluding carboxylic acids is 1. The lowest BCUT2D eigenvalue weighted by molar-refractivity contribution is -0.130. The molecule has 0 unspecified atom stereocenters. The van der Waals surface area contributed by atoms with Crippen LogP contribution >= 0.6 is 24.0 Å². The van der Waals surface area contributed by atoms with Crippen molar-refractivity contribution in [2.45, 2.75) is 26.8 Å². The van der Waals surface area contributed by atoms with Crippen LogP contribution in [0.1, 0.15) is 25.8 Å². The van der Waals surface area contributed by atoms with Crippen LogP contribution in [0.3, 0.4) is 0 Å². The Morgan fingerprint density at radius 2 is 2.00 bits per heavy atom. The quantitative estimate of drug-likeness (QED) is 0.364. The first-order valence-electron chi connectivity index (χ1n) is 8.00. The molecule has 0 aromatic heterocycles. The summed E-state index contributed by atoms with van der Waals surface area (Å²) in [6.45, 7) is 6.47. The van der Waals surface area contributed by atoms with Crippen LogP contribution < -0.4 is 15.4 Å². The van der Waals surface area contributed by atoms with Crippen molar-refractivity contribution in [3.8, 4) is 5.75 Å². The number of nitrogens with zero attached hydrogens (tertiary/aromatic N) is 2. The lowest BCUT2D eigenvalue weighted by atomic mass is 10.2. The van der Waals surface area contributed by atoms with Gasteiger partial charge in [-0.25, -0.2) is 4.99 Å². The van der Waals surface area contributed by atoms with Crippen LogP contribution in [0, 0.1) is 0 Å². The molecule has 0 saturated carbocycles. The molecule has 1 aromatic carbocycles. The van der Waals surface area contributed by atoms with E-state index in [-0.39, 0.29) is 36.5 Å². The molecular weight excluding hydrogens is 419 g/mol. The van der Waals surface area contributed by atoms with Crippen LogP contribution in [0.2, 0.25) is 0 Å². The van der Waals surface area contributed by atoms with Crippen LogP contribution in [0.15, 0.2) is 29.3 Å². The smallest absolute Gasteiger partial charge is 0.259 e. The minimum Gasteiger partial charge on any atom is -0.484 e. The van der Waals surface area contributed by atoms with E-state index in [1.165, 1.54) is 4.90 Å². The number of hydrogen-bond acceptors (Lipinski definition) is 3. The SMILES string of the molecule is CCCNC(=NCc1cccc(OCC(=O)N(C)C)c1)NCC.I. The molecule has 2 N–H and O–H groups in total. The topological polar surface area (TPSA) is 66.0 Å². The second kappa shape index (κ2) is 12.9. The molecule has 1 rings (SSSR count). The molecule has 0 aliphatic rings. The minimum absolute atomic E-state index is 0. The van der Waals surface area contributed by atoms with Crippen molar-refractivity contribution in [3.63, 3.8) is 0 Å². The zero-order chi connectivity index (χ0) is 17.1. The number of aliphatic imine (C=N–C) groups is 1. The Bertz CT molecular complexity index is 521. The molecular formula is C17H29IN4O2. The van der Waals surface area contributed by atoms with E-state index < -0.39 is 0 Å². The molecule has 0 aliphatic carbocycles. The highest BCUT2D eigenvalue weighted by atomic mass is 127. The molecule has 0 fully saturated rings. The van der Waals surface area contributed by atoms with Crippen molar-refractivity contribution in [1.29, 1.82) is 0 Å².